The van der Waals surface area contributed by atoms with E-state index in [0.717, 1.165) is 6.54 Å². The Labute approximate surface area is 109 Å². The lowest BCUT2D eigenvalue weighted by Crippen LogP contribution is -2.52. The van der Waals surface area contributed by atoms with E-state index >= 15 is 0 Å². The zero-order chi connectivity index (χ0) is 12.5. The van der Waals surface area contributed by atoms with E-state index in [9.17, 15) is 0 Å². The van der Waals surface area contributed by atoms with Crippen molar-refractivity contribution in [2.24, 2.45) is 11.3 Å². The van der Waals surface area contributed by atoms with Gasteiger partial charge < -0.3 is 5.32 Å². The van der Waals surface area contributed by atoms with Crippen molar-refractivity contribution in [3.63, 3.8) is 0 Å². The molecule has 2 rings (SSSR count). The van der Waals surface area contributed by atoms with Crippen LogP contribution in [0.5, 0.6) is 0 Å². The zero-order valence-corrected chi connectivity index (χ0v) is 12.2. The van der Waals surface area contributed by atoms with Crippen molar-refractivity contribution in [1.82, 2.24) is 10.3 Å². The molecule has 1 aromatic rings. The number of aromatic nitrogens is 1. The largest absolute Gasteiger partial charge is 0.305 e. The Kier molecular flexibility index (Phi) is 3.60. The summed E-state index contributed by atoms with van der Waals surface area (Å²) in [6, 6.07) is 0. The molecule has 1 aliphatic rings. The van der Waals surface area contributed by atoms with Crippen molar-refractivity contribution >= 4 is 11.3 Å². The molecule has 0 aliphatic heterocycles. The van der Waals surface area contributed by atoms with Gasteiger partial charge in [-0.2, -0.15) is 0 Å². The third-order valence-corrected chi connectivity index (χ3v) is 5.15. The van der Waals surface area contributed by atoms with Crippen LogP contribution in [0.15, 0.2) is 11.6 Å². The quantitative estimate of drug-likeness (QED) is 0.885. The molecule has 1 aliphatic carbocycles. The third-order valence-electron chi connectivity index (χ3n) is 4.20. The van der Waals surface area contributed by atoms with Gasteiger partial charge in [0.15, 0.2) is 0 Å². The molecule has 2 unspecified atom stereocenters. The van der Waals surface area contributed by atoms with E-state index < -0.39 is 0 Å². The zero-order valence-electron chi connectivity index (χ0n) is 11.4. The summed E-state index contributed by atoms with van der Waals surface area (Å²) in [4.78, 5) is 4.58. The summed E-state index contributed by atoms with van der Waals surface area (Å²) in [5.74, 6) is 0.650. The molecular weight excluding hydrogens is 228 g/mol. The Bertz CT molecular complexity index is 358. The van der Waals surface area contributed by atoms with Crippen LogP contribution < -0.4 is 5.32 Å². The maximum Gasteiger partial charge on any atom is 0.113 e. The maximum absolute atomic E-state index is 4.58. The topological polar surface area (TPSA) is 24.9 Å². The first-order valence-electron chi connectivity index (χ1n) is 6.65. The number of hydrogen-bond donors (Lipinski definition) is 1. The van der Waals surface area contributed by atoms with Gasteiger partial charge in [-0.05, 0) is 37.1 Å². The molecule has 2 nitrogen and oxygen atoms in total. The van der Waals surface area contributed by atoms with Gasteiger partial charge in [-0.3, -0.25) is 0 Å². The van der Waals surface area contributed by atoms with Gasteiger partial charge in [-0.25, -0.2) is 4.98 Å². The standard InChI is InChI=1S/C14H24N2S/c1-5-16-14(12-15-8-9-17-12)7-6-13(3,4)10-11(14)2/h8-9,11,16H,5-7,10H2,1-4H3. The van der Waals surface area contributed by atoms with Crippen molar-refractivity contribution in [3.8, 4) is 0 Å². The summed E-state index contributed by atoms with van der Waals surface area (Å²) >= 11 is 1.80. The van der Waals surface area contributed by atoms with Crippen molar-refractivity contribution in [2.45, 2.75) is 52.5 Å². The van der Waals surface area contributed by atoms with Gasteiger partial charge in [0, 0.05) is 11.6 Å². The lowest BCUT2D eigenvalue weighted by Gasteiger charge is -2.47. The molecule has 1 saturated carbocycles. The minimum atomic E-state index is 0.123. The van der Waals surface area contributed by atoms with E-state index in [1.54, 1.807) is 11.3 Å². The Hall–Kier alpha value is -0.410. The van der Waals surface area contributed by atoms with Crippen molar-refractivity contribution in [1.29, 1.82) is 0 Å². The highest BCUT2D eigenvalue weighted by atomic mass is 32.1. The lowest BCUT2D eigenvalue weighted by atomic mass is 9.64. The van der Waals surface area contributed by atoms with Gasteiger partial charge in [-0.1, -0.05) is 27.7 Å². The second kappa shape index (κ2) is 4.69. The second-order valence-electron chi connectivity index (χ2n) is 6.11. The van der Waals surface area contributed by atoms with Crippen molar-refractivity contribution < 1.29 is 0 Å². The smallest absolute Gasteiger partial charge is 0.113 e. The molecule has 0 spiro atoms. The first-order chi connectivity index (χ1) is 8.00. The Morgan fingerprint density at radius 1 is 1.47 bits per heavy atom. The molecule has 96 valence electrons. The first-order valence-corrected chi connectivity index (χ1v) is 7.53. The predicted molar refractivity (Wildman–Crippen MR) is 74.3 cm³/mol. The number of hydrogen-bond acceptors (Lipinski definition) is 3. The minimum Gasteiger partial charge on any atom is -0.305 e. The number of rotatable bonds is 3. The van der Waals surface area contributed by atoms with Crippen LogP contribution in [0.25, 0.3) is 0 Å². The van der Waals surface area contributed by atoms with Gasteiger partial charge >= 0.3 is 0 Å². The summed E-state index contributed by atoms with van der Waals surface area (Å²) in [5, 5.41) is 7.11. The summed E-state index contributed by atoms with van der Waals surface area (Å²) in [6.45, 7) is 10.4. The predicted octanol–water partition coefficient (Wildman–Crippen LogP) is 3.79. The van der Waals surface area contributed by atoms with E-state index in [-0.39, 0.29) is 5.54 Å². The van der Waals surface area contributed by atoms with Crippen LogP contribution in [0.1, 0.15) is 52.0 Å². The molecule has 3 heteroatoms. The van der Waals surface area contributed by atoms with Crippen LogP contribution in [-0.2, 0) is 5.54 Å². The van der Waals surface area contributed by atoms with Gasteiger partial charge in [-0.15, -0.1) is 11.3 Å². The maximum atomic E-state index is 4.58. The summed E-state index contributed by atoms with van der Waals surface area (Å²) < 4.78 is 0. The fourth-order valence-corrected chi connectivity index (χ4v) is 4.26. The molecule has 1 aromatic heterocycles. The van der Waals surface area contributed by atoms with Gasteiger partial charge in [0.25, 0.3) is 0 Å². The Morgan fingerprint density at radius 2 is 2.24 bits per heavy atom. The van der Waals surface area contributed by atoms with Gasteiger partial charge in [0.05, 0.1) is 5.54 Å². The normalized spacial score (nSPS) is 32.6. The highest BCUT2D eigenvalue weighted by Gasteiger charge is 2.45. The van der Waals surface area contributed by atoms with Crippen molar-refractivity contribution in [3.05, 3.63) is 16.6 Å². The van der Waals surface area contributed by atoms with Crippen molar-refractivity contribution in [2.75, 3.05) is 6.54 Å². The lowest BCUT2D eigenvalue weighted by molar-refractivity contribution is 0.0728. The van der Waals surface area contributed by atoms with Crippen LogP contribution >= 0.6 is 11.3 Å². The first kappa shape index (κ1) is 13.0. The van der Waals surface area contributed by atoms with E-state index in [4.69, 9.17) is 0 Å². The van der Waals surface area contributed by atoms with E-state index in [2.05, 4.69) is 43.4 Å². The number of nitrogens with one attached hydrogen (secondary N) is 1. The highest BCUT2D eigenvalue weighted by Crippen LogP contribution is 2.49. The van der Waals surface area contributed by atoms with Gasteiger partial charge in [0.1, 0.15) is 5.01 Å². The van der Waals surface area contributed by atoms with Crippen LogP contribution in [0.3, 0.4) is 0 Å². The van der Waals surface area contributed by atoms with Crippen LogP contribution in [0, 0.1) is 11.3 Å². The molecule has 0 saturated heterocycles. The fraction of sp³-hybridized carbons (Fsp3) is 0.786. The summed E-state index contributed by atoms with van der Waals surface area (Å²) in [5.41, 5.74) is 0.605. The second-order valence-corrected chi connectivity index (χ2v) is 7.00. The summed E-state index contributed by atoms with van der Waals surface area (Å²) in [7, 11) is 0. The molecular formula is C14H24N2S. The van der Waals surface area contributed by atoms with E-state index in [1.165, 1.54) is 24.3 Å². The molecule has 0 aromatic carbocycles. The number of nitrogens with zero attached hydrogens (tertiary/aromatic N) is 1. The van der Waals surface area contributed by atoms with Crippen LogP contribution in [-0.4, -0.2) is 11.5 Å². The van der Waals surface area contributed by atoms with Gasteiger partial charge in [0.2, 0.25) is 0 Å². The van der Waals surface area contributed by atoms with E-state index in [0.29, 0.717) is 11.3 Å². The third kappa shape index (κ3) is 2.41. The molecule has 0 amide bonds. The van der Waals surface area contributed by atoms with E-state index in [1.807, 2.05) is 6.20 Å². The average molecular weight is 252 g/mol. The Balaban J connectivity index is 2.30. The minimum absolute atomic E-state index is 0.123. The molecule has 0 bridgehead atoms. The molecule has 1 heterocycles. The van der Waals surface area contributed by atoms with Crippen LogP contribution in [0.4, 0.5) is 0 Å². The van der Waals surface area contributed by atoms with Crippen LogP contribution in [0.2, 0.25) is 0 Å². The highest BCUT2D eigenvalue weighted by molar-refractivity contribution is 7.09. The molecule has 2 atom stereocenters. The molecule has 1 N–H and O–H groups in total. The molecule has 1 fully saturated rings. The number of thiazole rings is 1. The molecule has 0 radical (unpaired) electrons. The Morgan fingerprint density at radius 3 is 2.76 bits per heavy atom. The monoisotopic (exact) mass is 252 g/mol. The average Bonchev–Trinajstić information content (AvgIpc) is 2.75. The summed E-state index contributed by atoms with van der Waals surface area (Å²) in [6.07, 6.45) is 5.71. The SMILES string of the molecule is CCNC1(c2nccs2)CCC(C)(C)CC1C. The molecule has 17 heavy (non-hydrogen) atoms. The fourth-order valence-electron chi connectivity index (χ4n) is 3.30.